The zero-order valence-electron chi connectivity index (χ0n) is 7.05. The number of carbonyl (C=O) groups excluding carboxylic acids is 1. The van der Waals surface area contributed by atoms with E-state index in [1.807, 2.05) is 0 Å². The Morgan fingerprint density at radius 2 is 2.36 bits per heavy atom. The monoisotopic (exact) mass is 256 g/mol. The van der Waals surface area contributed by atoms with Crippen LogP contribution in [-0.2, 0) is 11.2 Å². The first kappa shape index (κ1) is 9.33. The van der Waals surface area contributed by atoms with E-state index in [1.54, 1.807) is 6.07 Å². The maximum absolute atomic E-state index is 13.3. The van der Waals surface area contributed by atoms with Crippen LogP contribution in [-0.4, -0.2) is 12.0 Å². The minimum Gasteiger partial charge on any atom is -0.296 e. The van der Waals surface area contributed by atoms with Crippen LogP contribution >= 0.6 is 15.9 Å². The Hall–Kier alpha value is -1.23. The van der Waals surface area contributed by atoms with E-state index in [4.69, 9.17) is 0 Å². The molecule has 0 unspecified atom stereocenters. The van der Waals surface area contributed by atoms with E-state index in [1.165, 1.54) is 6.07 Å². The fourth-order valence-electron chi connectivity index (χ4n) is 1.32. The number of benzene rings is 1. The van der Waals surface area contributed by atoms with Crippen LogP contribution in [0.4, 0.5) is 10.1 Å². The van der Waals surface area contributed by atoms with Gasteiger partial charge < -0.3 is 0 Å². The number of halogens is 2. The van der Waals surface area contributed by atoms with Gasteiger partial charge in [0.15, 0.2) is 6.29 Å². The molecule has 1 aromatic carbocycles. The molecular formula is C9H6BrFN2O. The van der Waals surface area contributed by atoms with E-state index in [-0.39, 0.29) is 5.82 Å². The molecule has 0 amide bonds. The van der Waals surface area contributed by atoms with Crippen LogP contribution in [0.3, 0.4) is 0 Å². The lowest BCUT2D eigenvalue weighted by atomic mass is 10.1. The minimum absolute atomic E-state index is 0.346. The lowest BCUT2D eigenvalue weighted by molar-refractivity contribution is -0.102. The Kier molecular flexibility index (Phi) is 2.33. The third-order valence-electron chi connectivity index (χ3n) is 1.96. The van der Waals surface area contributed by atoms with Crippen molar-refractivity contribution < 1.29 is 9.18 Å². The summed E-state index contributed by atoms with van der Waals surface area (Å²) in [6.45, 7) is 0. The van der Waals surface area contributed by atoms with Gasteiger partial charge in [-0.2, -0.15) is 5.10 Å². The summed E-state index contributed by atoms with van der Waals surface area (Å²) < 4.78 is 14.0. The van der Waals surface area contributed by atoms with Gasteiger partial charge >= 0.3 is 0 Å². The first-order valence-corrected chi connectivity index (χ1v) is 4.75. The van der Waals surface area contributed by atoms with Gasteiger partial charge in [-0.25, -0.2) is 4.39 Å². The van der Waals surface area contributed by atoms with Crippen molar-refractivity contribution in [3.05, 3.63) is 28.0 Å². The van der Waals surface area contributed by atoms with Crippen molar-refractivity contribution in [3.63, 3.8) is 0 Å². The molecule has 0 bridgehead atoms. The van der Waals surface area contributed by atoms with Crippen LogP contribution in [0.1, 0.15) is 5.56 Å². The summed E-state index contributed by atoms with van der Waals surface area (Å²) in [4.78, 5) is 10.5. The molecule has 0 saturated heterocycles. The van der Waals surface area contributed by atoms with E-state index >= 15 is 0 Å². The number of anilines is 1. The van der Waals surface area contributed by atoms with Crippen LogP contribution < -0.4 is 5.43 Å². The first-order valence-electron chi connectivity index (χ1n) is 3.96. The smallest absolute Gasteiger partial charge is 0.166 e. The fraction of sp³-hybridized carbons (Fsp3) is 0.111. The second kappa shape index (κ2) is 3.49. The van der Waals surface area contributed by atoms with E-state index in [0.717, 1.165) is 5.56 Å². The molecule has 1 aliphatic heterocycles. The summed E-state index contributed by atoms with van der Waals surface area (Å²) in [6, 6.07) is 3.12. The highest BCUT2D eigenvalue weighted by Crippen LogP contribution is 2.27. The van der Waals surface area contributed by atoms with Crippen molar-refractivity contribution >= 4 is 33.6 Å². The lowest BCUT2D eigenvalue weighted by Crippen LogP contribution is -2.15. The van der Waals surface area contributed by atoms with E-state index in [2.05, 4.69) is 26.5 Å². The van der Waals surface area contributed by atoms with Gasteiger partial charge in [-0.05, 0) is 17.7 Å². The largest absolute Gasteiger partial charge is 0.296 e. The Labute approximate surface area is 88.1 Å². The van der Waals surface area contributed by atoms with Gasteiger partial charge in [0.25, 0.3) is 0 Å². The molecule has 0 aromatic heterocycles. The van der Waals surface area contributed by atoms with Gasteiger partial charge in [0.05, 0.1) is 5.69 Å². The molecule has 1 N–H and O–H groups in total. The molecule has 0 radical (unpaired) electrons. The maximum Gasteiger partial charge on any atom is 0.166 e. The summed E-state index contributed by atoms with van der Waals surface area (Å²) >= 11 is 3.19. The van der Waals surface area contributed by atoms with Gasteiger partial charge in [-0.1, -0.05) is 15.9 Å². The standard InChI is InChI=1S/C9H6BrFN2O/c10-6-1-5-2-7(4-14)12-13-9(5)8(11)3-6/h1,3-4,13H,2H2. The number of hydrazone groups is 1. The SMILES string of the molecule is O=CC1=NNc2c(F)cc(Br)cc2C1. The third kappa shape index (κ3) is 1.55. The Bertz CT molecular complexity index is 431. The predicted octanol–water partition coefficient (Wildman–Crippen LogP) is 2.11. The number of hydrogen-bond donors (Lipinski definition) is 1. The Morgan fingerprint density at radius 1 is 1.57 bits per heavy atom. The number of nitrogens with zero attached hydrogens (tertiary/aromatic N) is 1. The average Bonchev–Trinajstić information content (AvgIpc) is 2.16. The van der Waals surface area contributed by atoms with Gasteiger partial charge in [-0.15, -0.1) is 0 Å². The van der Waals surface area contributed by atoms with E-state index in [9.17, 15) is 9.18 Å². The van der Waals surface area contributed by atoms with Crippen molar-refractivity contribution in [2.75, 3.05) is 5.43 Å². The maximum atomic E-state index is 13.3. The molecule has 1 heterocycles. The summed E-state index contributed by atoms with van der Waals surface area (Å²) in [5, 5.41) is 3.72. The molecule has 3 nitrogen and oxygen atoms in total. The molecule has 0 spiro atoms. The second-order valence-corrected chi connectivity index (χ2v) is 3.85. The fourth-order valence-corrected chi connectivity index (χ4v) is 1.80. The number of aldehydes is 1. The quantitative estimate of drug-likeness (QED) is 0.783. The number of carbonyl (C=O) groups is 1. The number of nitrogens with one attached hydrogen (secondary N) is 1. The van der Waals surface area contributed by atoms with Crippen LogP contribution in [0.5, 0.6) is 0 Å². The Balaban J connectivity index is 2.47. The highest BCUT2D eigenvalue weighted by atomic mass is 79.9. The third-order valence-corrected chi connectivity index (χ3v) is 2.41. The van der Waals surface area contributed by atoms with Crippen molar-refractivity contribution in [1.29, 1.82) is 0 Å². The van der Waals surface area contributed by atoms with Crippen molar-refractivity contribution in [3.8, 4) is 0 Å². The first-order chi connectivity index (χ1) is 6.70. The number of rotatable bonds is 1. The molecule has 72 valence electrons. The van der Waals surface area contributed by atoms with Gasteiger partial charge in [0, 0.05) is 10.9 Å². The molecule has 0 aliphatic carbocycles. The lowest BCUT2D eigenvalue weighted by Gasteiger charge is -2.15. The molecule has 1 aromatic rings. The summed E-state index contributed by atoms with van der Waals surface area (Å²) in [6.07, 6.45) is 1.02. The molecule has 1 aliphatic rings. The average molecular weight is 257 g/mol. The van der Waals surface area contributed by atoms with E-state index < -0.39 is 0 Å². The van der Waals surface area contributed by atoms with Crippen molar-refractivity contribution in [2.45, 2.75) is 6.42 Å². The van der Waals surface area contributed by atoms with Gasteiger partial charge in [0.2, 0.25) is 0 Å². The van der Waals surface area contributed by atoms with Crippen LogP contribution in [0.25, 0.3) is 0 Å². The zero-order chi connectivity index (χ0) is 10.1. The highest BCUT2D eigenvalue weighted by molar-refractivity contribution is 9.10. The number of fused-ring (bicyclic) bond motifs is 1. The molecule has 0 fully saturated rings. The van der Waals surface area contributed by atoms with Crippen LogP contribution in [0, 0.1) is 5.82 Å². The van der Waals surface area contributed by atoms with Crippen molar-refractivity contribution in [1.82, 2.24) is 0 Å². The van der Waals surface area contributed by atoms with Crippen molar-refractivity contribution in [2.24, 2.45) is 5.10 Å². The summed E-state index contributed by atoms with van der Waals surface area (Å²) in [5.74, 6) is -0.372. The molecule has 0 atom stereocenters. The zero-order valence-corrected chi connectivity index (χ0v) is 8.64. The van der Waals surface area contributed by atoms with Gasteiger partial charge in [0.1, 0.15) is 11.5 Å². The van der Waals surface area contributed by atoms with Gasteiger partial charge in [-0.3, -0.25) is 10.2 Å². The Morgan fingerprint density at radius 3 is 3.07 bits per heavy atom. The molecule has 5 heteroatoms. The van der Waals surface area contributed by atoms with E-state index in [0.29, 0.717) is 28.6 Å². The minimum atomic E-state index is -0.372. The molecule has 2 rings (SSSR count). The number of hydrogen-bond acceptors (Lipinski definition) is 3. The summed E-state index contributed by atoms with van der Waals surface area (Å²) in [7, 11) is 0. The predicted molar refractivity (Wildman–Crippen MR) is 54.9 cm³/mol. The molecule has 14 heavy (non-hydrogen) atoms. The summed E-state index contributed by atoms with van der Waals surface area (Å²) in [5.41, 5.74) is 3.97. The normalized spacial score (nSPS) is 14.0. The second-order valence-electron chi connectivity index (χ2n) is 2.93. The highest BCUT2D eigenvalue weighted by Gasteiger charge is 2.16. The molecular weight excluding hydrogens is 251 g/mol. The molecule has 0 saturated carbocycles. The van der Waals surface area contributed by atoms with Crippen LogP contribution in [0.15, 0.2) is 21.7 Å². The topological polar surface area (TPSA) is 41.5 Å². The van der Waals surface area contributed by atoms with Crippen LogP contribution in [0.2, 0.25) is 0 Å².